The first-order chi connectivity index (χ1) is 20.2. The predicted octanol–water partition coefficient (Wildman–Crippen LogP) is 1.53. The smallest absolute Gasteiger partial charge is 0.253 e. The molecule has 42 heavy (non-hydrogen) atoms. The molecule has 3 unspecified atom stereocenters. The normalized spacial score (nSPS) is 20.1. The van der Waals surface area contributed by atoms with Crippen molar-refractivity contribution < 1.29 is 19.2 Å². The molecule has 0 spiro atoms. The van der Waals surface area contributed by atoms with Crippen LogP contribution in [0.1, 0.15) is 15.9 Å². The lowest BCUT2D eigenvalue weighted by Gasteiger charge is -2.39. The number of fused-ring (bicyclic) bond motifs is 3. The third-order valence-electron chi connectivity index (χ3n) is 8.47. The molecule has 2 aliphatic rings. The number of likely N-dealkylation sites (N-methyl/N-ethyl adjacent to an activating group) is 1. The number of halogens is 1. The fourth-order valence-corrected chi connectivity index (χ4v) is 6.42. The summed E-state index contributed by atoms with van der Waals surface area (Å²) in [6.45, 7) is 1.24. The number of nitrogens with one attached hydrogen (secondary N) is 4. The summed E-state index contributed by atoms with van der Waals surface area (Å²) in [6.07, 6.45) is 1.96. The van der Waals surface area contributed by atoms with E-state index in [1.54, 1.807) is 40.3 Å². The molecule has 2 fully saturated rings. The number of nitrogen functional groups attached to an aromatic ring is 1. The summed E-state index contributed by atoms with van der Waals surface area (Å²) in [7, 11) is 1.50. The van der Waals surface area contributed by atoms with Crippen molar-refractivity contribution in [2.24, 2.45) is 17.8 Å². The van der Waals surface area contributed by atoms with Crippen molar-refractivity contribution in [1.82, 2.24) is 35.6 Å². The number of hydrogen-bond acceptors (Lipinski definition) is 6. The SMILES string of the molecule is CNC(=O)CNC(=O)C1CN(C(=O)Cc2c[nH]c3cc(Cl)ccc23)CC2CN(C(=O)c3ccc4c(N)n[nH]c4c3)CC21. The molecule has 2 aromatic carbocycles. The van der Waals surface area contributed by atoms with E-state index in [0.717, 1.165) is 21.9 Å². The third kappa shape index (κ3) is 5.13. The molecule has 6 rings (SSSR count). The maximum Gasteiger partial charge on any atom is 0.253 e. The first-order valence-corrected chi connectivity index (χ1v) is 14.1. The number of piperidine rings is 1. The first kappa shape index (κ1) is 27.6. The van der Waals surface area contributed by atoms with Crippen molar-refractivity contribution in [3.63, 3.8) is 0 Å². The Morgan fingerprint density at radius 3 is 2.62 bits per heavy atom. The van der Waals surface area contributed by atoms with Gasteiger partial charge in [-0.3, -0.25) is 24.3 Å². The Bertz CT molecular complexity index is 1710. The summed E-state index contributed by atoms with van der Waals surface area (Å²) in [5, 5.41) is 14.3. The first-order valence-electron chi connectivity index (χ1n) is 13.8. The number of aromatic amines is 2. The van der Waals surface area contributed by atoms with Crippen molar-refractivity contribution in [2.45, 2.75) is 6.42 Å². The van der Waals surface area contributed by atoms with Crippen LogP contribution in [0.25, 0.3) is 21.8 Å². The third-order valence-corrected chi connectivity index (χ3v) is 8.70. The van der Waals surface area contributed by atoms with E-state index in [9.17, 15) is 19.2 Å². The highest BCUT2D eigenvalue weighted by atomic mass is 35.5. The van der Waals surface area contributed by atoms with Gasteiger partial charge in [-0.25, -0.2) is 0 Å². The number of likely N-dealkylation sites (tertiary alicyclic amines) is 2. The molecule has 2 aromatic heterocycles. The van der Waals surface area contributed by atoms with E-state index in [1.165, 1.54) is 7.05 Å². The molecule has 0 bridgehead atoms. The Kier molecular flexibility index (Phi) is 7.23. The molecular weight excluding hydrogens is 560 g/mol. The molecule has 12 nitrogen and oxygen atoms in total. The molecule has 4 aromatic rings. The van der Waals surface area contributed by atoms with Gasteiger partial charge in [-0.15, -0.1) is 0 Å². The van der Waals surface area contributed by atoms with Crippen molar-refractivity contribution in [3.05, 3.63) is 58.7 Å². The molecule has 0 radical (unpaired) electrons. The van der Waals surface area contributed by atoms with Crippen molar-refractivity contribution in [3.8, 4) is 0 Å². The van der Waals surface area contributed by atoms with Gasteiger partial charge in [-0.1, -0.05) is 17.7 Å². The summed E-state index contributed by atoms with van der Waals surface area (Å²) in [4.78, 5) is 59.0. The highest BCUT2D eigenvalue weighted by molar-refractivity contribution is 6.31. The average molecular weight is 591 g/mol. The number of hydrogen-bond donors (Lipinski definition) is 5. The Morgan fingerprint density at radius 2 is 1.81 bits per heavy atom. The van der Waals surface area contributed by atoms with Gasteiger partial charge in [-0.2, -0.15) is 5.10 Å². The quantitative estimate of drug-likeness (QED) is 0.228. The zero-order chi connectivity index (χ0) is 29.5. The Balaban J connectivity index is 1.22. The molecule has 218 valence electrons. The van der Waals surface area contributed by atoms with Gasteiger partial charge in [-0.05, 0) is 47.7 Å². The van der Waals surface area contributed by atoms with Gasteiger partial charge in [0, 0.05) is 66.3 Å². The number of rotatable bonds is 6. The van der Waals surface area contributed by atoms with Crippen LogP contribution in [-0.4, -0.2) is 88.4 Å². The summed E-state index contributed by atoms with van der Waals surface area (Å²) in [5.41, 5.74) is 8.71. The van der Waals surface area contributed by atoms with E-state index in [4.69, 9.17) is 17.3 Å². The van der Waals surface area contributed by atoms with E-state index >= 15 is 0 Å². The van der Waals surface area contributed by atoms with Crippen LogP contribution in [0, 0.1) is 17.8 Å². The number of H-pyrrole nitrogens is 2. The molecule has 3 atom stereocenters. The number of nitrogens with two attached hydrogens (primary N) is 1. The molecule has 2 saturated heterocycles. The van der Waals surface area contributed by atoms with Crippen LogP contribution in [0.2, 0.25) is 5.02 Å². The minimum Gasteiger partial charge on any atom is -0.382 e. The van der Waals surface area contributed by atoms with Gasteiger partial charge in [0.1, 0.15) is 0 Å². The zero-order valence-electron chi connectivity index (χ0n) is 22.9. The summed E-state index contributed by atoms with van der Waals surface area (Å²) in [6, 6.07) is 10.7. The standard InChI is InChI=1S/C29H31ClN8O4/c1-32-25(39)10-34-28(41)22-14-37(26(40)7-16-9-33-23-8-18(30)3-5-19(16)23)11-17-12-38(13-21(17)22)29(42)15-2-4-20-24(6-15)35-36-27(20)31/h2-6,8-9,17,21-22,33H,7,10-14H2,1H3,(H,32,39)(H,34,41)(H3,31,35,36). The highest BCUT2D eigenvalue weighted by Crippen LogP contribution is 2.37. The minimum absolute atomic E-state index is 0.101. The zero-order valence-corrected chi connectivity index (χ0v) is 23.7. The highest BCUT2D eigenvalue weighted by Gasteiger charge is 2.47. The second-order valence-corrected chi connectivity index (χ2v) is 11.4. The monoisotopic (exact) mass is 590 g/mol. The fourth-order valence-electron chi connectivity index (χ4n) is 6.25. The van der Waals surface area contributed by atoms with Crippen LogP contribution >= 0.6 is 11.6 Å². The van der Waals surface area contributed by atoms with Gasteiger partial charge in [0.2, 0.25) is 17.7 Å². The number of aromatic nitrogens is 3. The molecule has 13 heteroatoms. The molecule has 2 aliphatic heterocycles. The summed E-state index contributed by atoms with van der Waals surface area (Å²) < 4.78 is 0. The minimum atomic E-state index is -0.577. The lowest BCUT2D eigenvalue weighted by atomic mass is 9.79. The van der Waals surface area contributed by atoms with Crippen LogP contribution in [-0.2, 0) is 20.8 Å². The van der Waals surface area contributed by atoms with Crippen LogP contribution in [0.4, 0.5) is 5.82 Å². The lowest BCUT2D eigenvalue weighted by molar-refractivity contribution is -0.139. The predicted molar refractivity (Wildman–Crippen MR) is 158 cm³/mol. The van der Waals surface area contributed by atoms with Gasteiger partial charge in [0.15, 0.2) is 5.82 Å². The summed E-state index contributed by atoms with van der Waals surface area (Å²) in [5.74, 6) is -1.38. The van der Waals surface area contributed by atoms with Crippen LogP contribution in [0.5, 0.6) is 0 Å². The number of carbonyl (C=O) groups excluding carboxylic acids is 4. The number of amides is 4. The van der Waals surface area contributed by atoms with Crippen LogP contribution < -0.4 is 16.4 Å². The number of carbonyl (C=O) groups is 4. The Labute approximate surface area is 245 Å². The van der Waals surface area contributed by atoms with Crippen molar-refractivity contribution in [2.75, 3.05) is 45.5 Å². The van der Waals surface area contributed by atoms with E-state index < -0.39 is 5.92 Å². The molecule has 0 aliphatic carbocycles. The van der Waals surface area contributed by atoms with Gasteiger partial charge in [0.25, 0.3) is 5.91 Å². The van der Waals surface area contributed by atoms with Crippen molar-refractivity contribution >= 4 is 62.9 Å². The van der Waals surface area contributed by atoms with E-state index in [2.05, 4.69) is 25.8 Å². The van der Waals surface area contributed by atoms with Gasteiger partial charge >= 0.3 is 0 Å². The fraction of sp³-hybridized carbons (Fsp3) is 0.345. The second kappa shape index (κ2) is 11.0. The van der Waals surface area contributed by atoms with E-state index in [-0.39, 0.29) is 55.0 Å². The molecule has 6 N–H and O–H groups in total. The lowest BCUT2D eigenvalue weighted by Crippen LogP contribution is -2.54. The Hall–Kier alpha value is -4.58. The summed E-state index contributed by atoms with van der Waals surface area (Å²) >= 11 is 6.11. The van der Waals surface area contributed by atoms with E-state index in [0.29, 0.717) is 41.6 Å². The average Bonchev–Trinajstić information content (AvgIpc) is 3.71. The number of nitrogens with zero attached hydrogens (tertiary/aromatic N) is 3. The van der Waals surface area contributed by atoms with E-state index in [1.807, 2.05) is 12.1 Å². The van der Waals surface area contributed by atoms with Crippen LogP contribution in [0.15, 0.2) is 42.6 Å². The molecule has 0 saturated carbocycles. The maximum atomic E-state index is 13.6. The molecular formula is C29H31ClN8O4. The van der Waals surface area contributed by atoms with Gasteiger partial charge < -0.3 is 31.2 Å². The Morgan fingerprint density at radius 1 is 1.02 bits per heavy atom. The maximum absolute atomic E-state index is 13.6. The largest absolute Gasteiger partial charge is 0.382 e. The number of anilines is 1. The second-order valence-electron chi connectivity index (χ2n) is 11.0. The molecule has 4 amide bonds. The van der Waals surface area contributed by atoms with Crippen molar-refractivity contribution in [1.29, 1.82) is 0 Å². The topological polar surface area (TPSA) is 169 Å². The van der Waals surface area contributed by atoms with Crippen LogP contribution in [0.3, 0.4) is 0 Å². The molecule has 4 heterocycles. The number of benzene rings is 2. The van der Waals surface area contributed by atoms with Gasteiger partial charge in [0.05, 0.1) is 24.4 Å².